The minimum absolute atomic E-state index is 0.188. The highest BCUT2D eigenvalue weighted by Crippen LogP contribution is 2.45. The van der Waals surface area contributed by atoms with Gasteiger partial charge in [-0.25, -0.2) is 4.79 Å². The highest BCUT2D eigenvalue weighted by molar-refractivity contribution is 6.04. The number of carboxylic acid groups (broad SMARTS) is 1. The quantitative estimate of drug-likeness (QED) is 0.367. The van der Waals surface area contributed by atoms with Crippen LogP contribution in [-0.2, 0) is 23.5 Å². The molecule has 2 aliphatic rings. The lowest BCUT2D eigenvalue weighted by atomic mass is 9.82. The monoisotopic (exact) mass is 508 g/mol. The summed E-state index contributed by atoms with van der Waals surface area (Å²) in [4.78, 5) is 28.6. The molecule has 2 aliphatic heterocycles. The van der Waals surface area contributed by atoms with Crippen molar-refractivity contribution in [3.8, 4) is 5.69 Å². The third-order valence-corrected chi connectivity index (χ3v) is 8.24. The molecule has 0 saturated carbocycles. The molecular formula is C32H32N2O4. The summed E-state index contributed by atoms with van der Waals surface area (Å²) < 4.78 is 8.03. The number of benzene rings is 3. The summed E-state index contributed by atoms with van der Waals surface area (Å²) in [5.74, 6) is -0.547. The van der Waals surface area contributed by atoms with Gasteiger partial charge in [-0.2, -0.15) is 0 Å². The standard InChI is InChI=1S/C32H32N2O4/c1-21(2)22-12-13-27-23(18-22)20-38-32(27)14-16-33(17-15-32)19-28-29(31(36)37)25-10-6-7-11-26(25)30(35)34(28)24-8-4-3-5-9-24/h3-13,18,21H,14-17,19-20H2,1-2H3,(H,36,37). The molecule has 4 aromatic rings. The minimum atomic E-state index is -1.02. The number of rotatable bonds is 5. The van der Waals surface area contributed by atoms with Crippen LogP contribution in [0.2, 0.25) is 0 Å². The van der Waals surface area contributed by atoms with Gasteiger partial charge in [0.1, 0.15) is 0 Å². The fourth-order valence-corrected chi connectivity index (χ4v) is 6.16. The van der Waals surface area contributed by atoms with Crippen LogP contribution < -0.4 is 5.56 Å². The van der Waals surface area contributed by atoms with Gasteiger partial charge in [0.05, 0.1) is 23.5 Å². The Hall–Kier alpha value is -3.74. The van der Waals surface area contributed by atoms with Gasteiger partial charge in [-0.1, -0.05) is 68.4 Å². The second-order valence-corrected chi connectivity index (χ2v) is 10.8. The number of para-hydroxylation sites is 1. The van der Waals surface area contributed by atoms with Crippen molar-refractivity contribution in [1.29, 1.82) is 0 Å². The van der Waals surface area contributed by atoms with Crippen molar-refractivity contribution in [3.05, 3.63) is 111 Å². The number of pyridine rings is 1. The van der Waals surface area contributed by atoms with E-state index >= 15 is 0 Å². The molecule has 0 atom stereocenters. The van der Waals surface area contributed by atoms with Crippen molar-refractivity contribution < 1.29 is 14.6 Å². The maximum Gasteiger partial charge on any atom is 0.338 e. The summed E-state index contributed by atoms with van der Waals surface area (Å²) in [7, 11) is 0. The Morgan fingerprint density at radius 3 is 2.34 bits per heavy atom. The first-order valence-electron chi connectivity index (χ1n) is 13.3. The Bertz CT molecular complexity index is 1580. The first kappa shape index (κ1) is 24.6. The number of hydrogen-bond acceptors (Lipinski definition) is 4. The molecule has 6 heteroatoms. The zero-order valence-electron chi connectivity index (χ0n) is 21.8. The SMILES string of the molecule is CC(C)c1ccc2c(c1)COC21CCN(Cc2c(C(=O)O)c3ccccc3c(=O)n2-c2ccccc2)CC1. The number of piperidine rings is 1. The highest BCUT2D eigenvalue weighted by Gasteiger charge is 2.43. The van der Waals surface area contributed by atoms with Crippen LogP contribution in [0.4, 0.5) is 0 Å². The first-order valence-corrected chi connectivity index (χ1v) is 13.3. The van der Waals surface area contributed by atoms with Gasteiger partial charge in [0.25, 0.3) is 5.56 Å². The summed E-state index contributed by atoms with van der Waals surface area (Å²) in [6, 6.07) is 23.1. The number of carboxylic acids is 1. The van der Waals surface area contributed by atoms with Gasteiger partial charge in [-0.3, -0.25) is 14.3 Å². The van der Waals surface area contributed by atoms with Gasteiger partial charge < -0.3 is 9.84 Å². The van der Waals surface area contributed by atoms with Crippen molar-refractivity contribution in [2.75, 3.05) is 13.1 Å². The molecule has 1 spiro atoms. The molecule has 1 aromatic heterocycles. The van der Waals surface area contributed by atoms with Gasteiger partial charge in [0.15, 0.2) is 0 Å². The molecule has 0 radical (unpaired) electrons. The van der Waals surface area contributed by atoms with Gasteiger partial charge in [0, 0.05) is 36.1 Å². The van der Waals surface area contributed by atoms with E-state index in [9.17, 15) is 14.7 Å². The van der Waals surface area contributed by atoms with Crippen molar-refractivity contribution >= 4 is 16.7 Å². The predicted octanol–water partition coefficient (Wildman–Crippen LogP) is 5.83. The molecule has 194 valence electrons. The van der Waals surface area contributed by atoms with Crippen LogP contribution in [0.5, 0.6) is 0 Å². The zero-order chi connectivity index (χ0) is 26.4. The fourth-order valence-electron chi connectivity index (χ4n) is 6.16. The number of carbonyl (C=O) groups is 1. The number of fused-ring (bicyclic) bond motifs is 3. The largest absolute Gasteiger partial charge is 0.478 e. The Morgan fingerprint density at radius 1 is 0.974 bits per heavy atom. The molecule has 38 heavy (non-hydrogen) atoms. The normalized spacial score (nSPS) is 16.8. The van der Waals surface area contributed by atoms with Gasteiger partial charge in [-0.15, -0.1) is 0 Å². The van der Waals surface area contributed by atoms with Crippen LogP contribution in [0, 0.1) is 0 Å². The Kier molecular flexibility index (Phi) is 6.17. The molecule has 3 heterocycles. The van der Waals surface area contributed by atoms with E-state index in [1.807, 2.05) is 30.3 Å². The molecule has 0 amide bonds. The zero-order valence-corrected chi connectivity index (χ0v) is 21.8. The average molecular weight is 509 g/mol. The first-order chi connectivity index (χ1) is 18.4. The third kappa shape index (κ3) is 4.05. The molecule has 6 nitrogen and oxygen atoms in total. The summed E-state index contributed by atoms with van der Waals surface area (Å²) >= 11 is 0. The second kappa shape index (κ2) is 9.53. The van der Waals surface area contributed by atoms with Crippen LogP contribution in [0.1, 0.15) is 65.3 Å². The molecule has 0 bridgehead atoms. The number of aromatic carboxylic acids is 1. The second-order valence-electron chi connectivity index (χ2n) is 10.8. The number of hydrogen-bond donors (Lipinski definition) is 1. The molecule has 3 aromatic carbocycles. The van der Waals surface area contributed by atoms with E-state index in [0.717, 1.165) is 25.9 Å². The molecule has 0 unspecified atom stereocenters. The van der Waals surface area contributed by atoms with Gasteiger partial charge in [-0.05, 0) is 53.6 Å². The fraction of sp³-hybridized carbons (Fsp3) is 0.312. The van der Waals surface area contributed by atoms with Crippen molar-refractivity contribution in [2.24, 2.45) is 0 Å². The average Bonchev–Trinajstić information content (AvgIpc) is 3.28. The lowest BCUT2D eigenvalue weighted by Gasteiger charge is -2.39. The molecule has 0 aliphatic carbocycles. The maximum absolute atomic E-state index is 13.7. The van der Waals surface area contributed by atoms with E-state index in [4.69, 9.17) is 4.74 Å². The lowest BCUT2D eigenvalue weighted by molar-refractivity contribution is -0.0801. The van der Waals surface area contributed by atoms with Gasteiger partial charge in [0.2, 0.25) is 0 Å². The van der Waals surface area contributed by atoms with E-state index in [-0.39, 0.29) is 16.7 Å². The van der Waals surface area contributed by atoms with Crippen LogP contribution in [0.3, 0.4) is 0 Å². The molecule has 1 fully saturated rings. The van der Waals surface area contributed by atoms with E-state index in [1.54, 1.807) is 28.8 Å². The van der Waals surface area contributed by atoms with Crippen LogP contribution in [0.15, 0.2) is 77.6 Å². The molecule has 1 N–H and O–H groups in total. The van der Waals surface area contributed by atoms with Crippen molar-refractivity contribution in [2.45, 2.75) is 51.4 Å². The summed E-state index contributed by atoms with van der Waals surface area (Å²) in [5, 5.41) is 11.2. The van der Waals surface area contributed by atoms with Gasteiger partial charge >= 0.3 is 5.97 Å². The number of ether oxygens (including phenoxy) is 1. The third-order valence-electron chi connectivity index (χ3n) is 8.24. The van der Waals surface area contributed by atoms with E-state index in [0.29, 0.717) is 41.2 Å². The summed E-state index contributed by atoms with van der Waals surface area (Å²) in [6.07, 6.45) is 1.65. The van der Waals surface area contributed by atoms with Crippen molar-refractivity contribution in [1.82, 2.24) is 9.47 Å². The summed E-state index contributed by atoms with van der Waals surface area (Å²) in [5.41, 5.74) is 4.78. The number of nitrogens with zero attached hydrogens (tertiary/aromatic N) is 2. The van der Waals surface area contributed by atoms with E-state index in [2.05, 4.69) is 36.9 Å². The van der Waals surface area contributed by atoms with Crippen LogP contribution in [0.25, 0.3) is 16.5 Å². The van der Waals surface area contributed by atoms with Crippen LogP contribution >= 0.6 is 0 Å². The molecule has 1 saturated heterocycles. The smallest absolute Gasteiger partial charge is 0.338 e. The predicted molar refractivity (Wildman–Crippen MR) is 148 cm³/mol. The number of aromatic nitrogens is 1. The summed E-state index contributed by atoms with van der Waals surface area (Å²) in [6.45, 7) is 6.92. The van der Waals surface area contributed by atoms with E-state index < -0.39 is 5.97 Å². The van der Waals surface area contributed by atoms with E-state index in [1.165, 1.54) is 16.7 Å². The van der Waals surface area contributed by atoms with Crippen molar-refractivity contribution in [3.63, 3.8) is 0 Å². The topological polar surface area (TPSA) is 71.8 Å². The highest BCUT2D eigenvalue weighted by atomic mass is 16.5. The van der Waals surface area contributed by atoms with Crippen LogP contribution in [-0.4, -0.2) is 33.6 Å². The Morgan fingerprint density at radius 2 is 1.66 bits per heavy atom. The maximum atomic E-state index is 13.7. The Balaban J connectivity index is 1.36. The molecular weight excluding hydrogens is 476 g/mol. The Labute approximate surface area is 222 Å². The molecule has 6 rings (SSSR count). The minimum Gasteiger partial charge on any atom is -0.478 e. The lowest BCUT2D eigenvalue weighted by Crippen LogP contribution is -2.43. The number of likely N-dealkylation sites (tertiary alicyclic amines) is 1.